The molecule has 0 aliphatic rings. The van der Waals surface area contributed by atoms with Crippen molar-refractivity contribution in [1.82, 2.24) is 0 Å². The highest BCUT2D eigenvalue weighted by atomic mass is 31.2. The van der Waals surface area contributed by atoms with Crippen LogP contribution in [-0.4, -0.2) is 31.4 Å². The van der Waals surface area contributed by atoms with Gasteiger partial charge in [0.15, 0.2) is 12.3 Å². The molecule has 0 saturated carbocycles. The summed E-state index contributed by atoms with van der Waals surface area (Å²) in [5.41, 5.74) is -0.921. The van der Waals surface area contributed by atoms with E-state index < -0.39 is 19.2 Å². The molecule has 0 rings (SSSR count). The zero-order valence-electron chi connectivity index (χ0n) is 10.5. The molecule has 0 aromatic heterocycles. The van der Waals surface area contributed by atoms with Crippen LogP contribution in [0.1, 0.15) is 27.2 Å². The molecule has 0 fully saturated rings. The van der Waals surface area contributed by atoms with E-state index in [2.05, 4.69) is 5.92 Å². The van der Waals surface area contributed by atoms with Gasteiger partial charge in [0.2, 0.25) is 0 Å². The highest BCUT2D eigenvalue weighted by molar-refractivity contribution is 7.55. The zero-order valence-corrected chi connectivity index (χ0v) is 11.4. The van der Waals surface area contributed by atoms with E-state index in [0.29, 0.717) is 6.42 Å². The zero-order chi connectivity index (χ0) is 13.3. The van der Waals surface area contributed by atoms with Crippen LogP contribution >= 0.6 is 7.60 Å². The molecule has 0 saturated heterocycles. The summed E-state index contributed by atoms with van der Waals surface area (Å²) in [6, 6.07) is 0. The van der Waals surface area contributed by atoms with Crippen molar-refractivity contribution >= 4 is 13.6 Å². The first-order chi connectivity index (χ1) is 8.05. The molecule has 5 nitrogen and oxygen atoms in total. The fourth-order valence-corrected chi connectivity index (χ4v) is 3.24. The maximum Gasteiger partial charge on any atom is 0.344 e. The van der Waals surface area contributed by atoms with Crippen LogP contribution in [-0.2, 0) is 23.1 Å². The van der Waals surface area contributed by atoms with Gasteiger partial charge in [0.05, 0.1) is 13.2 Å². The minimum atomic E-state index is -3.47. The van der Waals surface area contributed by atoms with Crippen LogP contribution in [0.4, 0.5) is 0 Å². The number of esters is 1. The molecular formula is C11H19O5P. The highest BCUT2D eigenvalue weighted by Crippen LogP contribution is 2.54. The van der Waals surface area contributed by atoms with Crippen molar-refractivity contribution in [3.63, 3.8) is 0 Å². The number of carbonyl (C=O) groups is 1. The van der Waals surface area contributed by atoms with Crippen LogP contribution in [0.25, 0.3) is 0 Å². The molecule has 0 radical (unpaired) electrons. The van der Waals surface area contributed by atoms with Crippen molar-refractivity contribution in [1.29, 1.82) is 0 Å². The monoisotopic (exact) mass is 262 g/mol. The third-order valence-electron chi connectivity index (χ3n) is 1.96. The fourth-order valence-electron chi connectivity index (χ4n) is 1.31. The lowest BCUT2D eigenvalue weighted by Crippen LogP contribution is -2.25. The van der Waals surface area contributed by atoms with E-state index in [9.17, 15) is 9.36 Å². The summed E-state index contributed by atoms with van der Waals surface area (Å²) >= 11 is 0. The number of ether oxygens (including phenoxy) is 1. The van der Waals surface area contributed by atoms with Crippen LogP contribution < -0.4 is 0 Å². The van der Waals surface area contributed by atoms with Crippen LogP contribution in [0.3, 0.4) is 0 Å². The van der Waals surface area contributed by atoms with Crippen molar-refractivity contribution in [3.05, 3.63) is 0 Å². The summed E-state index contributed by atoms with van der Waals surface area (Å²) in [6.45, 7) is 5.35. The molecule has 0 spiro atoms. The largest absolute Gasteiger partial charge is 0.452 e. The Kier molecular flexibility index (Phi) is 7.90. The Bertz CT molecular complexity index is 310. The first-order valence-electron chi connectivity index (χ1n) is 5.54. The summed E-state index contributed by atoms with van der Waals surface area (Å²) < 4.78 is 27.3. The summed E-state index contributed by atoms with van der Waals surface area (Å²) in [6.07, 6.45) is 5.29. The average molecular weight is 262 g/mol. The highest BCUT2D eigenvalue weighted by Gasteiger charge is 2.40. The van der Waals surface area contributed by atoms with Crippen LogP contribution in [0.2, 0.25) is 0 Å². The smallest absolute Gasteiger partial charge is 0.344 e. The minimum absolute atomic E-state index is 0.145. The second-order valence-electron chi connectivity index (χ2n) is 3.11. The number of hydrogen-bond acceptors (Lipinski definition) is 5. The lowest BCUT2D eigenvalue weighted by Gasteiger charge is -2.23. The van der Waals surface area contributed by atoms with Crippen molar-refractivity contribution in [2.45, 2.75) is 32.9 Å². The normalized spacial score (nSPS) is 12.8. The van der Waals surface area contributed by atoms with Gasteiger partial charge in [-0.2, -0.15) is 0 Å². The van der Waals surface area contributed by atoms with E-state index in [1.165, 1.54) is 0 Å². The first-order valence-corrected chi connectivity index (χ1v) is 7.15. The van der Waals surface area contributed by atoms with E-state index in [-0.39, 0.29) is 19.8 Å². The van der Waals surface area contributed by atoms with E-state index in [1.54, 1.807) is 20.8 Å². The minimum Gasteiger partial charge on any atom is -0.452 e. The maximum absolute atomic E-state index is 12.4. The maximum atomic E-state index is 12.4. The van der Waals surface area contributed by atoms with Crippen molar-refractivity contribution < 1.29 is 23.1 Å². The second-order valence-corrected chi connectivity index (χ2v) is 5.33. The Balaban J connectivity index is 4.84. The molecule has 0 N–H and O–H groups in total. The second kappa shape index (κ2) is 8.30. The molecule has 17 heavy (non-hydrogen) atoms. The van der Waals surface area contributed by atoms with Crippen LogP contribution in [0, 0.1) is 12.3 Å². The molecule has 0 aromatic carbocycles. The molecule has 98 valence electrons. The fraction of sp³-hybridized carbons (Fsp3) is 0.727. The third kappa shape index (κ3) is 4.91. The van der Waals surface area contributed by atoms with Gasteiger partial charge in [-0.05, 0) is 20.3 Å². The van der Waals surface area contributed by atoms with Gasteiger partial charge >= 0.3 is 13.6 Å². The lowest BCUT2D eigenvalue weighted by molar-refractivity contribution is -0.142. The Labute approximate surface area is 102 Å². The molecule has 0 amide bonds. The lowest BCUT2D eigenvalue weighted by atomic mass is 10.3. The molecule has 1 unspecified atom stereocenters. The first kappa shape index (κ1) is 16.2. The van der Waals surface area contributed by atoms with Gasteiger partial charge in [-0.1, -0.05) is 12.8 Å². The van der Waals surface area contributed by atoms with Gasteiger partial charge in [-0.3, -0.25) is 9.36 Å². The Morgan fingerprint density at radius 2 is 1.82 bits per heavy atom. The summed E-state index contributed by atoms with van der Waals surface area (Å²) in [5, 5.41) is 0. The van der Waals surface area contributed by atoms with Crippen LogP contribution in [0.5, 0.6) is 0 Å². The van der Waals surface area contributed by atoms with Crippen LogP contribution in [0.15, 0.2) is 0 Å². The standard InChI is InChI=1S/C11H19O5P/c1-5-9-14-11(12)10(6-2)17(13,15-7-3)16-8-4/h1,10H,6-9H2,2-4H3. The van der Waals surface area contributed by atoms with Crippen molar-refractivity contribution in [3.8, 4) is 12.3 Å². The number of hydrogen-bond donors (Lipinski definition) is 0. The SMILES string of the molecule is C#CCOC(=O)C(CC)P(=O)(OCC)OCC. The molecule has 6 heteroatoms. The molecule has 0 aliphatic heterocycles. The van der Waals surface area contributed by atoms with E-state index in [4.69, 9.17) is 20.2 Å². The predicted octanol–water partition coefficient (Wildman–Crippen LogP) is 2.21. The Morgan fingerprint density at radius 3 is 2.18 bits per heavy atom. The summed E-state index contributed by atoms with van der Waals surface area (Å²) in [4.78, 5) is 11.7. The van der Waals surface area contributed by atoms with Crippen molar-refractivity contribution in [2.75, 3.05) is 19.8 Å². The van der Waals surface area contributed by atoms with Gasteiger partial charge in [0.1, 0.15) is 0 Å². The Hall–Kier alpha value is -0.820. The van der Waals surface area contributed by atoms with E-state index >= 15 is 0 Å². The van der Waals surface area contributed by atoms with Gasteiger partial charge in [0, 0.05) is 0 Å². The quantitative estimate of drug-likeness (QED) is 0.381. The van der Waals surface area contributed by atoms with Crippen molar-refractivity contribution in [2.24, 2.45) is 0 Å². The van der Waals surface area contributed by atoms with Gasteiger partial charge in [-0.25, -0.2) is 0 Å². The predicted molar refractivity (Wildman–Crippen MR) is 64.7 cm³/mol. The molecule has 1 atom stereocenters. The Morgan fingerprint density at radius 1 is 1.29 bits per heavy atom. The molecule has 0 heterocycles. The molecular weight excluding hydrogens is 243 g/mol. The molecule has 0 bridgehead atoms. The number of terminal acetylenes is 1. The number of carbonyl (C=O) groups excluding carboxylic acids is 1. The van der Waals surface area contributed by atoms with E-state index in [1.807, 2.05) is 0 Å². The average Bonchev–Trinajstić information content (AvgIpc) is 2.27. The van der Waals surface area contributed by atoms with E-state index in [0.717, 1.165) is 0 Å². The summed E-state index contributed by atoms with van der Waals surface area (Å²) in [7, 11) is -3.47. The summed E-state index contributed by atoms with van der Waals surface area (Å²) in [5.74, 6) is 1.54. The third-order valence-corrected chi connectivity index (χ3v) is 4.53. The topological polar surface area (TPSA) is 61.8 Å². The molecule has 0 aromatic rings. The molecule has 0 aliphatic carbocycles. The van der Waals surface area contributed by atoms with Gasteiger partial charge in [0.25, 0.3) is 0 Å². The van der Waals surface area contributed by atoms with Gasteiger partial charge in [-0.15, -0.1) is 6.42 Å². The number of rotatable bonds is 8. The van der Waals surface area contributed by atoms with Gasteiger partial charge < -0.3 is 13.8 Å².